The SMILES string of the molecule is CC(=O)Nc1cccc(-c2ccc(Oc3ccc(Cl)cc3)c(S(N)(=O)=O)c2)c1Cl. The van der Waals surface area contributed by atoms with E-state index < -0.39 is 10.0 Å². The zero-order chi connectivity index (χ0) is 21.2. The van der Waals surface area contributed by atoms with Gasteiger partial charge in [0.25, 0.3) is 0 Å². The first-order valence-electron chi connectivity index (χ1n) is 8.32. The molecule has 3 rings (SSSR count). The number of primary sulfonamides is 1. The van der Waals surface area contributed by atoms with Gasteiger partial charge in [-0.05, 0) is 48.0 Å². The average molecular weight is 451 g/mol. The number of ether oxygens (including phenoxy) is 1. The van der Waals surface area contributed by atoms with E-state index in [0.29, 0.717) is 27.6 Å². The lowest BCUT2D eigenvalue weighted by molar-refractivity contribution is -0.114. The van der Waals surface area contributed by atoms with Crippen molar-refractivity contribution in [1.82, 2.24) is 0 Å². The van der Waals surface area contributed by atoms with Crippen LogP contribution in [0.1, 0.15) is 6.92 Å². The van der Waals surface area contributed by atoms with Crippen LogP contribution < -0.4 is 15.2 Å². The first-order chi connectivity index (χ1) is 13.6. The summed E-state index contributed by atoms with van der Waals surface area (Å²) in [6.45, 7) is 1.37. The maximum Gasteiger partial charge on any atom is 0.241 e. The molecule has 6 nitrogen and oxygen atoms in total. The van der Waals surface area contributed by atoms with Crippen LogP contribution in [-0.4, -0.2) is 14.3 Å². The molecule has 0 aliphatic rings. The zero-order valence-corrected chi connectivity index (χ0v) is 17.5. The highest BCUT2D eigenvalue weighted by atomic mass is 35.5. The number of benzene rings is 3. The molecule has 0 aliphatic carbocycles. The molecule has 9 heteroatoms. The fraction of sp³-hybridized carbons (Fsp3) is 0.0500. The van der Waals surface area contributed by atoms with Crippen molar-refractivity contribution in [2.45, 2.75) is 11.8 Å². The van der Waals surface area contributed by atoms with E-state index in [1.54, 1.807) is 48.5 Å². The van der Waals surface area contributed by atoms with Crippen molar-refractivity contribution in [3.63, 3.8) is 0 Å². The predicted molar refractivity (Wildman–Crippen MR) is 114 cm³/mol. The number of hydrogen-bond acceptors (Lipinski definition) is 4. The molecule has 0 radical (unpaired) electrons. The lowest BCUT2D eigenvalue weighted by Crippen LogP contribution is -2.13. The van der Waals surface area contributed by atoms with E-state index in [-0.39, 0.29) is 21.6 Å². The molecule has 0 atom stereocenters. The number of sulfonamides is 1. The molecule has 29 heavy (non-hydrogen) atoms. The zero-order valence-electron chi connectivity index (χ0n) is 15.1. The molecule has 0 bridgehead atoms. The summed E-state index contributed by atoms with van der Waals surface area (Å²) in [4.78, 5) is 11.1. The summed E-state index contributed by atoms with van der Waals surface area (Å²) in [6.07, 6.45) is 0. The molecule has 0 spiro atoms. The maximum absolute atomic E-state index is 12.2. The fourth-order valence-electron chi connectivity index (χ4n) is 2.65. The van der Waals surface area contributed by atoms with Gasteiger partial charge in [-0.2, -0.15) is 0 Å². The average Bonchev–Trinajstić information content (AvgIpc) is 2.64. The molecule has 0 heterocycles. The van der Waals surface area contributed by atoms with Crippen LogP contribution in [0.2, 0.25) is 10.0 Å². The number of rotatable bonds is 5. The summed E-state index contributed by atoms with van der Waals surface area (Å²) >= 11 is 12.3. The highest BCUT2D eigenvalue weighted by Crippen LogP contribution is 2.37. The van der Waals surface area contributed by atoms with Gasteiger partial charge in [0.05, 0.1) is 10.7 Å². The molecule has 150 valence electrons. The van der Waals surface area contributed by atoms with E-state index in [1.165, 1.54) is 19.1 Å². The Morgan fingerprint density at radius 1 is 1.03 bits per heavy atom. The van der Waals surface area contributed by atoms with Crippen molar-refractivity contribution >= 4 is 44.8 Å². The minimum absolute atomic E-state index is 0.0627. The first kappa shape index (κ1) is 21.1. The van der Waals surface area contributed by atoms with Crippen molar-refractivity contribution in [3.05, 3.63) is 70.7 Å². The first-order valence-corrected chi connectivity index (χ1v) is 10.6. The molecular formula is C20H16Cl2N2O4S. The number of nitrogens with one attached hydrogen (secondary N) is 1. The standard InChI is InChI=1S/C20H16Cl2N2O4S/c1-12(25)24-17-4-2-3-16(20(17)22)13-5-10-18(19(11-13)29(23,26)27)28-15-8-6-14(21)7-9-15/h2-11H,1H3,(H,24,25)(H2,23,26,27). The summed E-state index contributed by atoms with van der Waals surface area (Å²) in [6, 6.07) is 16.0. The largest absolute Gasteiger partial charge is 0.456 e. The Labute approximate surface area is 178 Å². The Balaban J connectivity index is 2.07. The van der Waals surface area contributed by atoms with E-state index in [2.05, 4.69) is 5.32 Å². The van der Waals surface area contributed by atoms with E-state index in [9.17, 15) is 13.2 Å². The van der Waals surface area contributed by atoms with Crippen molar-refractivity contribution < 1.29 is 17.9 Å². The lowest BCUT2D eigenvalue weighted by atomic mass is 10.0. The Hall–Kier alpha value is -2.58. The van der Waals surface area contributed by atoms with Gasteiger partial charge in [-0.25, -0.2) is 13.6 Å². The van der Waals surface area contributed by atoms with E-state index in [4.69, 9.17) is 33.1 Å². The van der Waals surface area contributed by atoms with Crippen molar-refractivity contribution in [2.24, 2.45) is 5.14 Å². The summed E-state index contributed by atoms with van der Waals surface area (Å²) in [5, 5.41) is 8.82. The van der Waals surface area contributed by atoms with Gasteiger partial charge >= 0.3 is 0 Å². The molecular weight excluding hydrogens is 435 g/mol. The lowest BCUT2D eigenvalue weighted by Gasteiger charge is -2.14. The summed E-state index contributed by atoms with van der Waals surface area (Å²) in [5.74, 6) is 0.187. The summed E-state index contributed by atoms with van der Waals surface area (Å²) < 4.78 is 30.0. The summed E-state index contributed by atoms with van der Waals surface area (Å²) in [7, 11) is -4.10. The van der Waals surface area contributed by atoms with Gasteiger partial charge in [-0.15, -0.1) is 0 Å². The molecule has 3 aromatic carbocycles. The van der Waals surface area contributed by atoms with Crippen LogP contribution >= 0.6 is 23.2 Å². The highest BCUT2D eigenvalue weighted by molar-refractivity contribution is 7.89. The third-order valence-corrected chi connectivity index (χ3v) is 5.50. The van der Waals surface area contributed by atoms with Crippen LogP contribution in [0.5, 0.6) is 11.5 Å². The van der Waals surface area contributed by atoms with E-state index in [1.807, 2.05) is 0 Å². The second-order valence-electron chi connectivity index (χ2n) is 6.11. The highest BCUT2D eigenvalue weighted by Gasteiger charge is 2.19. The van der Waals surface area contributed by atoms with Crippen LogP contribution in [0.15, 0.2) is 65.6 Å². The predicted octanol–water partition coefficient (Wildman–Crippen LogP) is 5.06. The molecule has 3 N–H and O–H groups in total. The Morgan fingerprint density at radius 3 is 2.34 bits per heavy atom. The topological polar surface area (TPSA) is 98.5 Å². The smallest absolute Gasteiger partial charge is 0.241 e. The van der Waals surface area contributed by atoms with Crippen LogP contribution in [0, 0.1) is 0 Å². The number of carbonyl (C=O) groups is 1. The van der Waals surface area contributed by atoms with Gasteiger partial charge in [0.15, 0.2) is 0 Å². The van der Waals surface area contributed by atoms with Gasteiger partial charge in [-0.3, -0.25) is 4.79 Å². The molecule has 0 fully saturated rings. The molecule has 0 aromatic heterocycles. The van der Waals surface area contributed by atoms with Gasteiger partial charge in [0.2, 0.25) is 15.9 Å². The number of carbonyl (C=O) groups excluding carboxylic acids is 1. The van der Waals surface area contributed by atoms with Gasteiger partial charge < -0.3 is 10.1 Å². The van der Waals surface area contributed by atoms with Crippen LogP contribution in [0.3, 0.4) is 0 Å². The quantitative estimate of drug-likeness (QED) is 0.567. The van der Waals surface area contributed by atoms with Crippen LogP contribution in [0.25, 0.3) is 11.1 Å². The van der Waals surface area contributed by atoms with Gasteiger partial charge in [0.1, 0.15) is 16.4 Å². The normalized spacial score (nSPS) is 11.2. The monoisotopic (exact) mass is 450 g/mol. The van der Waals surface area contributed by atoms with Gasteiger partial charge in [0, 0.05) is 17.5 Å². The molecule has 0 unspecified atom stereocenters. The number of nitrogens with two attached hydrogens (primary N) is 1. The molecule has 0 saturated carbocycles. The second-order valence-corrected chi connectivity index (χ2v) is 8.46. The van der Waals surface area contributed by atoms with Crippen molar-refractivity contribution in [1.29, 1.82) is 0 Å². The minimum Gasteiger partial charge on any atom is -0.456 e. The molecule has 0 saturated heterocycles. The Morgan fingerprint density at radius 2 is 1.72 bits per heavy atom. The maximum atomic E-state index is 12.2. The third kappa shape index (κ3) is 5.07. The third-order valence-electron chi connectivity index (χ3n) is 3.91. The minimum atomic E-state index is -4.10. The van der Waals surface area contributed by atoms with Crippen molar-refractivity contribution in [3.8, 4) is 22.6 Å². The summed E-state index contributed by atoms with van der Waals surface area (Å²) in [5.41, 5.74) is 1.44. The second kappa shape index (κ2) is 8.42. The number of anilines is 1. The van der Waals surface area contributed by atoms with E-state index >= 15 is 0 Å². The van der Waals surface area contributed by atoms with E-state index in [0.717, 1.165) is 0 Å². The molecule has 0 aliphatic heterocycles. The van der Waals surface area contributed by atoms with Gasteiger partial charge in [-0.1, -0.05) is 41.4 Å². The Kier molecular flexibility index (Phi) is 6.14. The molecule has 3 aromatic rings. The number of amides is 1. The van der Waals surface area contributed by atoms with Crippen LogP contribution in [0.4, 0.5) is 5.69 Å². The van der Waals surface area contributed by atoms with Crippen molar-refractivity contribution in [2.75, 3.05) is 5.32 Å². The Bertz CT molecular complexity index is 1180. The number of halogens is 2. The number of hydrogen-bond donors (Lipinski definition) is 2. The fourth-order valence-corrected chi connectivity index (χ4v) is 3.74. The van der Waals surface area contributed by atoms with Crippen LogP contribution in [-0.2, 0) is 14.8 Å². The molecule has 1 amide bonds.